The molecule has 2 aromatic rings. The molecule has 21 heavy (non-hydrogen) atoms. The molecule has 0 spiro atoms. The summed E-state index contributed by atoms with van der Waals surface area (Å²) in [5, 5.41) is 6.37. The van der Waals surface area contributed by atoms with Crippen molar-refractivity contribution in [3.05, 3.63) is 47.2 Å². The average Bonchev–Trinajstić information content (AvgIpc) is 2.48. The van der Waals surface area contributed by atoms with Crippen LogP contribution in [-0.2, 0) is 0 Å². The van der Waals surface area contributed by atoms with E-state index in [-0.39, 0.29) is 5.91 Å². The van der Waals surface area contributed by atoms with Crippen LogP contribution in [-0.4, -0.2) is 24.5 Å². The molecule has 0 bridgehead atoms. The molecule has 1 amide bonds. The summed E-state index contributed by atoms with van der Waals surface area (Å²) in [5.74, 6) is 0.218. The summed E-state index contributed by atoms with van der Waals surface area (Å²) in [7, 11) is 1.53. The van der Waals surface area contributed by atoms with Crippen LogP contribution in [0.3, 0.4) is 0 Å². The van der Waals surface area contributed by atoms with E-state index in [2.05, 4.69) is 15.6 Å². The highest BCUT2D eigenvalue weighted by Gasteiger charge is 2.11. The first-order chi connectivity index (χ1) is 10.1. The number of hydrogen-bond donors (Lipinski definition) is 2. The molecule has 0 saturated heterocycles. The van der Waals surface area contributed by atoms with Crippen molar-refractivity contribution in [2.75, 3.05) is 24.3 Å². The first-order valence-corrected chi connectivity index (χ1v) is 6.86. The van der Waals surface area contributed by atoms with Gasteiger partial charge < -0.3 is 15.4 Å². The van der Waals surface area contributed by atoms with E-state index in [1.54, 1.807) is 36.5 Å². The summed E-state index contributed by atoms with van der Waals surface area (Å²) in [4.78, 5) is 16.3. The van der Waals surface area contributed by atoms with Gasteiger partial charge in [0.2, 0.25) is 0 Å². The lowest BCUT2D eigenvalue weighted by Crippen LogP contribution is -2.14. The van der Waals surface area contributed by atoms with Gasteiger partial charge in [-0.3, -0.25) is 4.79 Å². The van der Waals surface area contributed by atoms with Crippen LogP contribution in [0, 0.1) is 0 Å². The molecule has 0 aliphatic heterocycles. The molecule has 0 saturated carbocycles. The Hall–Kier alpha value is -2.27. The number of benzene rings is 1. The van der Waals surface area contributed by atoms with Crippen LogP contribution < -0.4 is 15.4 Å². The number of methoxy groups -OCH3 is 1. The van der Waals surface area contributed by atoms with Crippen LogP contribution in [0.5, 0.6) is 5.75 Å². The van der Waals surface area contributed by atoms with E-state index in [9.17, 15) is 4.79 Å². The normalized spacial score (nSPS) is 10.0. The van der Waals surface area contributed by atoms with Crippen LogP contribution in [0.25, 0.3) is 0 Å². The summed E-state index contributed by atoms with van der Waals surface area (Å²) >= 11 is 5.93. The summed E-state index contributed by atoms with van der Waals surface area (Å²) < 4.78 is 5.18. The van der Waals surface area contributed by atoms with Gasteiger partial charge in [0.15, 0.2) is 0 Å². The van der Waals surface area contributed by atoms with Crippen molar-refractivity contribution < 1.29 is 9.53 Å². The minimum atomic E-state index is -0.321. The molecule has 0 unspecified atom stereocenters. The van der Waals surface area contributed by atoms with E-state index in [0.29, 0.717) is 22.2 Å². The Morgan fingerprint density at radius 1 is 1.33 bits per heavy atom. The lowest BCUT2D eigenvalue weighted by Gasteiger charge is -2.10. The highest BCUT2D eigenvalue weighted by atomic mass is 35.5. The van der Waals surface area contributed by atoms with Crippen LogP contribution in [0.4, 0.5) is 11.4 Å². The molecule has 2 rings (SSSR count). The fourth-order valence-electron chi connectivity index (χ4n) is 1.80. The summed E-state index contributed by atoms with van der Waals surface area (Å²) in [5.41, 5.74) is 1.70. The molecule has 0 radical (unpaired) electrons. The van der Waals surface area contributed by atoms with Crippen molar-refractivity contribution in [3.63, 3.8) is 0 Å². The maximum atomic E-state index is 12.2. The van der Waals surface area contributed by atoms with Gasteiger partial charge in [0.05, 0.1) is 24.7 Å². The van der Waals surface area contributed by atoms with E-state index in [1.165, 1.54) is 7.11 Å². The van der Waals surface area contributed by atoms with Crippen molar-refractivity contribution in [1.82, 2.24) is 4.98 Å². The molecule has 6 heteroatoms. The first-order valence-electron chi connectivity index (χ1n) is 6.49. The maximum absolute atomic E-state index is 12.2. The number of nitrogens with zero attached hydrogens (tertiary/aromatic N) is 1. The molecule has 5 nitrogen and oxygen atoms in total. The second-order valence-corrected chi connectivity index (χ2v) is 4.70. The monoisotopic (exact) mass is 305 g/mol. The van der Waals surface area contributed by atoms with Crippen molar-refractivity contribution >= 4 is 28.9 Å². The highest BCUT2D eigenvalue weighted by Crippen LogP contribution is 2.28. The Bertz CT molecular complexity index is 629. The van der Waals surface area contributed by atoms with Gasteiger partial charge in [0, 0.05) is 11.6 Å². The fraction of sp³-hybridized carbons (Fsp3) is 0.200. The van der Waals surface area contributed by atoms with Crippen LogP contribution in [0.2, 0.25) is 5.02 Å². The van der Waals surface area contributed by atoms with Crippen LogP contribution >= 0.6 is 11.6 Å². The van der Waals surface area contributed by atoms with Gasteiger partial charge >= 0.3 is 0 Å². The number of pyridine rings is 1. The molecule has 2 N–H and O–H groups in total. The van der Waals surface area contributed by atoms with Gasteiger partial charge in [-0.05, 0) is 37.3 Å². The summed E-state index contributed by atoms with van der Waals surface area (Å²) in [6.45, 7) is 2.79. The predicted molar refractivity (Wildman–Crippen MR) is 84.4 cm³/mol. The van der Waals surface area contributed by atoms with Crippen molar-refractivity contribution in [3.8, 4) is 5.75 Å². The number of amides is 1. The predicted octanol–water partition coefficient (Wildman–Crippen LogP) is 3.43. The fourth-order valence-corrected chi connectivity index (χ4v) is 1.97. The Labute approximate surface area is 128 Å². The van der Waals surface area contributed by atoms with Crippen LogP contribution in [0.1, 0.15) is 17.4 Å². The number of aromatic nitrogens is 1. The van der Waals surface area contributed by atoms with Crippen molar-refractivity contribution in [2.45, 2.75) is 6.92 Å². The Kier molecular flexibility index (Phi) is 5.00. The summed E-state index contributed by atoms with van der Waals surface area (Å²) in [6, 6.07) is 8.48. The molecule has 0 fully saturated rings. The third-order valence-corrected chi connectivity index (χ3v) is 3.02. The van der Waals surface area contributed by atoms with Crippen molar-refractivity contribution in [1.29, 1.82) is 0 Å². The molecule has 0 aliphatic rings. The second kappa shape index (κ2) is 6.95. The minimum absolute atomic E-state index is 0.318. The van der Waals surface area contributed by atoms with E-state index >= 15 is 0 Å². The lowest BCUT2D eigenvalue weighted by molar-refractivity contribution is 0.102. The number of halogens is 1. The average molecular weight is 306 g/mol. The quantitative estimate of drug-likeness (QED) is 0.888. The Morgan fingerprint density at radius 3 is 2.76 bits per heavy atom. The number of carbonyl (C=O) groups excluding carboxylic acids is 1. The molecule has 110 valence electrons. The SMILES string of the molecule is CCNc1ccc(C(=O)Nc2cc(Cl)ccc2OC)nc1. The van der Waals surface area contributed by atoms with Crippen LogP contribution in [0.15, 0.2) is 36.5 Å². The number of hydrogen-bond acceptors (Lipinski definition) is 4. The Morgan fingerprint density at radius 2 is 2.14 bits per heavy atom. The molecular weight excluding hydrogens is 290 g/mol. The third-order valence-electron chi connectivity index (χ3n) is 2.79. The van der Waals surface area contributed by atoms with Gasteiger partial charge in [-0.2, -0.15) is 0 Å². The zero-order chi connectivity index (χ0) is 15.2. The molecule has 0 atom stereocenters. The molecule has 0 aliphatic carbocycles. The van der Waals surface area contributed by atoms with Gasteiger partial charge in [-0.15, -0.1) is 0 Å². The highest BCUT2D eigenvalue weighted by molar-refractivity contribution is 6.31. The van der Waals surface area contributed by atoms with Crippen molar-refractivity contribution in [2.24, 2.45) is 0 Å². The van der Waals surface area contributed by atoms with E-state index in [1.807, 2.05) is 6.92 Å². The number of rotatable bonds is 5. The Balaban J connectivity index is 2.15. The van der Waals surface area contributed by atoms with E-state index < -0.39 is 0 Å². The van der Waals surface area contributed by atoms with E-state index in [4.69, 9.17) is 16.3 Å². The third kappa shape index (κ3) is 3.86. The zero-order valence-corrected chi connectivity index (χ0v) is 12.6. The van der Waals surface area contributed by atoms with E-state index in [0.717, 1.165) is 12.2 Å². The number of anilines is 2. The van der Waals surface area contributed by atoms with Gasteiger partial charge in [-0.1, -0.05) is 11.6 Å². The minimum Gasteiger partial charge on any atom is -0.495 e. The number of nitrogens with one attached hydrogen (secondary N) is 2. The maximum Gasteiger partial charge on any atom is 0.274 e. The van der Waals surface area contributed by atoms with Gasteiger partial charge in [0.25, 0.3) is 5.91 Å². The number of carbonyl (C=O) groups is 1. The first kappa shape index (κ1) is 15.1. The molecule has 1 heterocycles. The number of ether oxygens (including phenoxy) is 1. The lowest BCUT2D eigenvalue weighted by atomic mass is 10.2. The largest absolute Gasteiger partial charge is 0.495 e. The molecule has 1 aromatic carbocycles. The smallest absolute Gasteiger partial charge is 0.274 e. The van der Waals surface area contributed by atoms with Gasteiger partial charge in [0.1, 0.15) is 11.4 Å². The standard InChI is InChI=1S/C15H16ClN3O2/c1-3-17-11-5-6-12(18-9-11)15(20)19-13-8-10(16)4-7-14(13)21-2/h4-9,17H,3H2,1-2H3,(H,19,20). The molecule has 1 aromatic heterocycles. The topological polar surface area (TPSA) is 63.2 Å². The van der Waals surface area contributed by atoms with Gasteiger partial charge in [-0.25, -0.2) is 4.98 Å². The second-order valence-electron chi connectivity index (χ2n) is 4.26. The zero-order valence-electron chi connectivity index (χ0n) is 11.8. The molecular formula is C15H16ClN3O2. The summed E-state index contributed by atoms with van der Waals surface area (Å²) in [6.07, 6.45) is 1.62.